The number of piperazine rings is 1. The lowest BCUT2D eigenvalue weighted by molar-refractivity contribution is -0.156. The minimum absolute atomic E-state index is 0.141. The summed E-state index contributed by atoms with van der Waals surface area (Å²) in [6.45, 7) is 12.6. The molecule has 1 rings (SSSR count). The predicted molar refractivity (Wildman–Crippen MR) is 78.6 cm³/mol. The molecule has 0 aliphatic carbocycles. The first-order valence-electron chi connectivity index (χ1n) is 7.35. The fourth-order valence-corrected chi connectivity index (χ4v) is 2.11. The SMILES string of the molecule is CC(C)(C)OC(=O)CN1CCN(CCOCCN)CC1. The number of rotatable bonds is 7. The summed E-state index contributed by atoms with van der Waals surface area (Å²) in [7, 11) is 0. The van der Waals surface area contributed by atoms with Crippen molar-refractivity contribution in [2.45, 2.75) is 26.4 Å². The van der Waals surface area contributed by atoms with Gasteiger partial charge in [-0.2, -0.15) is 0 Å². The Hall–Kier alpha value is -0.690. The molecular formula is C14H29N3O3. The van der Waals surface area contributed by atoms with E-state index in [1.807, 2.05) is 20.8 Å². The molecule has 118 valence electrons. The molecule has 1 fully saturated rings. The van der Waals surface area contributed by atoms with E-state index in [0.29, 0.717) is 19.7 Å². The summed E-state index contributed by atoms with van der Waals surface area (Å²) >= 11 is 0. The van der Waals surface area contributed by atoms with Crippen molar-refractivity contribution in [2.24, 2.45) is 5.73 Å². The zero-order chi connectivity index (χ0) is 15.0. The van der Waals surface area contributed by atoms with Crippen molar-refractivity contribution in [1.82, 2.24) is 9.80 Å². The molecular weight excluding hydrogens is 258 g/mol. The molecule has 1 saturated heterocycles. The molecule has 0 bridgehead atoms. The van der Waals surface area contributed by atoms with E-state index >= 15 is 0 Å². The Bertz CT molecular complexity index is 284. The van der Waals surface area contributed by atoms with Crippen molar-refractivity contribution in [2.75, 3.05) is 59.0 Å². The first kappa shape index (κ1) is 17.4. The van der Waals surface area contributed by atoms with Gasteiger partial charge in [-0.25, -0.2) is 0 Å². The Morgan fingerprint density at radius 1 is 1.10 bits per heavy atom. The molecule has 20 heavy (non-hydrogen) atoms. The molecule has 0 saturated carbocycles. The Kier molecular flexibility index (Phi) is 7.43. The van der Waals surface area contributed by atoms with E-state index in [1.165, 1.54) is 0 Å². The van der Waals surface area contributed by atoms with Crippen molar-refractivity contribution in [3.63, 3.8) is 0 Å². The number of nitrogens with two attached hydrogens (primary N) is 1. The highest BCUT2D eigenvalue weighted by molar-refractivity contribution is 5.72. The van der Waals surface area contributed by atoms with Crippen LogP contribution in [0.25, 0.3) is 0 Å². The maximum atomic E-state index is 11.7. The summed E-state index contributed by atoms with van der Waals surface area (Å²) in [6.07, 6.45) is 0. The summed E-state index contributed by atoms with van der Waals surface area (Å²) in [4.78, 5) is 16.2. The number of carbonyl (C=O) groups is 1. The first-order chi connectivity index (χ1) is 9.40. The van der Waals surface area contributed by atoms with Crippen LogP contribution in [0.5, 0.6) is 0 Å². The molecule has 0 unspecified atom stereocenters. The zero-order valence-electron chi connectivity index (χ0n) is 13.1. The van der Waals surface area contributed by atoms with Crippen molar-refractivity contribution in [3.05, 3.63) is 0 Å². The zero-order valence-corrected chi connectivity index (χ0v) is 13.1. The monoisotopic (exact) mass is 287 g/mol. The van der Waals surface area contributed by atoms with Crippen LogP contribution in [-0.2, 0) is 14.3 Å². The molecule has 6 nitrogen and oxygen atoms in total. The van der Waals surface area contributed by atoms with Crippen LogP contribution in [-0.4, -0.2) is 80.4 Å². The van der Waals surface area contributed by atoms with E-state index in [1.54, 1.807) is 0 Å². The molecule has 2 N–H and O–H groups in total. The van der Waals surface area contributed by atoms with E-state index in [0.717, 1.165) is 39.3 Å². The van der Waals surface area contributed by atoms with Crippen LogP contribution in [0.3, 0.4) is 0 Å². The fourth-order valence-electron chi connectivity index (χ4n) is 2.11. The highest BCUT2D eigenvalue weighted by atomic mass is 16.6. The van der Waals surface area contributed by atoms with Crippen LogP contribution in [0.2, 0.25) is 0 Å². The Labute approximate surface area is 122 Å². The average molecular weight is 287 g/mol. The molecule has 1 heterocycles. The molecule has 0 amide bonds. The molecule has 0 radical (unpaired) electrons. The van der Waals surface area contributed by atoms with Crippen LogP contribution in [0, 0.1) is 0 Å². The van der Waals surface area contributed by atoms with Crippen LogP contribution < -0.4 is 5.73 Å². The maximum absolute atomic E-state index is 11.7. The molecule has 1 aliphatic heterocycles. The Balaban J connectivity index is 2.14. The summed E-state index contributed by atoms with van der Waals surface area (Å²) in [5.41, 5.74) is 4.96. The van der Waals surface area contributed by atoms with Crippen molar-refractivity contribution >= 4 is 5.97 Å². The number of esters is 1. The normalized spacial score (nSPS) is 18.2. The highest BCUT2D eigenvalue weighted by Gasteiger charge is 2.22. The lowest BCUT2D eigenvalue weighted by Gasteiger charge is -2.34. The van der Waals surface area contributed by atoms with E-state index in [-0.39, 0.29) is 5.97 Å². The lowest BCUT2D eigenvalue weighted by Crippen LogP contribution is -2.49. The largest absolute Gasteiger partial charge is 0.459 e. The summed E-state index contributed by atoms with van der Waals surface area (Å²) in [6, 6.07) is 0. The quantitative estimate of drug-likeness (QED) is 0.522. The first-order valence-corrected chi connectivity index (χ1v) is 7.35. The van der Waals surface area contributed by atoms with E-state index in [4.69, 9.17) is 15.2 Å². The van der Waals surface area contributed by atoms with Crippen LogP contribution in [0.15, 0.2) is 0 Å². The van der Waals surface area contributed by atoms with Crippen LogP contribution in [0.1, 0.15) is 20.8 Å². The second-order valence-corrected chi connectivity index (χ2v) is 6.11. The fraction of sp³-hybridized carbons (Fsp3) is 0.929. The number of nitrogens with zero attached hydrogens (tertiary/aromatic N) is 2. The third-order valence-electron chi connectivity index (χ3n) is 3.05. The van der Waals surface area contributed by atoms with Gasteiger partial charge in [-0.1, -0.05) is 0 Å². The summed E-state index contributed by atoms with van der Waals surface area (Å²) in [5.74, 6) is -0.141. The second-order valence-electron chi connectivity index (χ2n) is 6.11. The number of hydrogen-bond donors (Lipinski definition) is 1. The van der Waals surface area contributed by atoms with Gasteiger partial charge in [0, 0.05) is 39.3 Å². The second kappa shape index (κ2) is 8.56. The number of ether oxygens (including phenoxy) is 2. The minimum Gasteiger partial charge on any atom is -0.459 e. The summed E-state index contributed by atoms with van der Waals surface area (Å²) in [5, 5.41) is 0. The number of carbonyl (C=O) groups excluding carboxylic acids is 1. The van der Waals surface area contributed by atoms with Crippen LogP contribution >= 0.6 is 0 Å². The standard InChI is InChI=1S/C14H29N3O3/c1-14(2,3)20-13(18)12-17-7-5-16(6-8-17)9-11-19-10-4-15/h4-12,15H2,1-3H3. The Morgan fingerprint density at radius 3 is 2.25 bits per heavy atom. The molecule has 0 aromatic carbocycles. The van der Waals surface area contributed by atoms with Gasteiger partial charge in [0.05, 0.1) is 19.8 Å². The van der Waals surface area contributed by atoms with Crippen LogP contribution in [0.4, 0.5) is 0 Å². The van der Waals surface area contributed by atoms with E-state index in [9.17, 15) is 4.79 Å². The van der Waals surface area contributed by atoms with E-state index in [2.05, 4.69) is 9.80 Å². The summed E-state index contributed by atoms with van der Waals surface area (Å²) < 4.78 is 10.7. The molecule has 0 spiro atoms. The van der Waals surface area contributed by atoms with Gasteiger partial charge in [-0.05, 0) is 20.8 Å². The van der Waals surface area contributed by atoms with Crippen molar-refractivity contribution < 1.29 is 14.3 Å². The van der Waals surface area contributed by atoms with Crippen molar-refractivity contribution in [1.29, 1.82) is 0 Å². The number of hydrogen-bond acceptors (Lipinski definition) is 6. The molecule has 1 aliphatic rings. The smallest absolute Gasteiger partial charge is 0.320 e. The van der Waals surface area contributed by atoms with Gasteiger partial charge in [-0.3, -0.25) is 14.6 Å². The minimum atomic E-state index is -0.404. The molecule has 0 atom stereocenters. The van der Waals surface area contributed by atoms with Gasteiger partial charge in [0.2, 0.25) is 0 Å². The van der Waals surface area contributed by atoms with Gasteiger partial charge in [0.1, 0.15) is 5.60 Å². The third kappa shape index (κ3) is 7.79. The topological polar surface area (TPSA) is 68.0 Å². The molecule has 0 aromatic rings. The molecule has 6 heteroatoms. The van der Waals surface area contributed by atoms with E-state index < -0.39 is 5.60 Å². The van der Waals surface area contributed by atoms with Gasteiger partial charge < -0.3 is 15.2 Å². The Morgan fingerprint density at radius 2 is 1.70 bits per heavy atom. The van der Waals surface area contributed by atoms with Gasteiger partial charge in [0.15, 0.2) is 0 Å². The highest BCUT2D eigenvalue weighted by Crippen LogP contribution is 2.08. The van der Waals surface area contributed by atoms with Gasteiger partial charge >= 0.3 is 5.97 Å². The average Bonchev–Trinajstić information content (AvgIpc) is 2.34. The maximum Gasteiger partial charge on any atom is 0.320 e. The predicted octanol–water partition coefficient (Wildman–Crippen LogP) is -0.0790. The lowest BCUT2D eigenvalue weighted by atomic mass is 10.2. The third-order valence-corrected chi connectivity index (χ3v) is 3.05. The van der Waals surface area contributed by atoms with Gasteiger partial charge in [0.25, 0.3) is 0 Å². The molecule has 0 aromatic heterocycles. The van der Waals surface area contributed by atoms with Gasteiger partial charge in [-0.15, -0.1) is 0 Å². The van der Waals surface area contributed by atoms with Crippen molar-refractivity contribution in [3.8, 4) is 0 Å².